The van der Waals surface area contributed by atoms with E-state index in [1.807, 2.05) is 0 Å². The van der Waals surface area contributed by atoms with E-state index in [0.717, 1.165) is 31.7 Å². The van der Waals surface area contributed by atoms with Gasteiger partial charge in [-0.2, -0.15) is 0 Å². The molecule has 0 bridgehead atoms. The minimum atomic E-state index is 0.434. The summed E-state index contributed by atoms with van der Waals surface area (Å²) in [5.74, 6) is 0.768. The first-order valence-electron chi connectivity index (χ1n) is 4.79. The third-order valence-corrected chi connectivity index (χ3v) is 2.48. The summed E-state index contributed by atoms with van der Waals surface area (Å²) in [6.07, 6.45) is 5.48. The van der Waals surface area contributed by atoms with Crippen LogP contribution in [0.1, 0.15) is 12.8 Å². The fourth-order valence-electron chi connectivity index (χ4n) is 1.59. The van der Waals surface area contributed by atoms with E-state index in [1.165, 1.54) is 6.20 Å². The quantitative estimate of drug-likeness (QED) is 0.776. The van der Waals surface area contributed by atoms with Crippen molar-refractivity contribution < 1.29 is 0 Å². The Balaban J connectivity index is 1.95. The van der Waals surface area contributed by atoms with Crippen LogP contribution < -0.4 is 10.6 Å². The van der Waals surface area contributed by atoms with Crippen molar-refractivity contribution in [2.24, 2.45) is 0 Å². The van der Waals surface area contributed by atoms with Crippen LogP contribution in [0.4, 0.5) is 5.82 Å². The van der Waals surface area contributed by atoms with Crippen molar-refractivity contribution in [3.8, 4) is 0 Å². The van der Waals surface area contributed by atoms with Crippen LogP contribution in [0.25, 0.3) is 0 Å². The SMILES string of the molecule is Clc1cncc(NC2CCNCC2)n1. The molecule has 2 N–H and O–H groups in total. The molecule has 14 heavy (non-hydrogen) atoms. The van der Waals surface area contributed by atoms with Crippen molar-refractivity contribution in [3.63, 3.8) is 0 Å². The minimum absolute atomic E-state index is 0.434. The number of aromatic nitrogens is 2. The third-order valence-electron chi connectivity index (χ3n) is 2.30. The summed E-state index contributed by atoms with van der Waals surface area (Å²) in [6.45, 7) is 2.12. The predicted octanol–water partition coefficient (Wildman–Crippen LogP) is 1.29. The molecule has 1 aliphatic heterocycles. The Labute approximate surface area is 88.1 Å². The first kappa shape index (κ1) is 9.68. The molecule has 2 heterocycles. The van der Waals surface area contributed by atoms with E-state index in [1.54, 1.807) is 6.20 Å². The highest BCUT2D eigenvalue weighted by atomic mass is 35.5. The zero-order chi connectivity index (χ0) is 9.80. The molecular weight excluding hydrogens is 200 g/mol. The van der Waals surface area contributed by atoms with E-state index in [2.05, 4.69) is 20.6 Å². The zero-order valence-electron chi connectivity index (χ0n) is 7.83. The molecule has 0 aliphatic carbocycles. The minimum Gasteiger partial charge on any atom is -0.366 e. The predicted molar refractivity (Wildman–Crippen MR) is 56.6 cm³/mol. The number of halogens is 1. The molecule has 1 aliphatic rings. The van der Waals surface area contributed by atoms with Crippen molar-refractivity contribution in [3.05, 3.63) is 17.5 Å². The lowest BCUT2D eigenvalue weighted by Gasteiger charge is -2.23. The van der Waals surface area contributed by atoms with Crippen molar-refractivity contribution in [1.29, 1.82) is 0 Å². The Bertz CT molecular complexity index is 299. The normalized spacial score (nSPS) is 18.1. The van der Waals surface area contributed by atoms with Gasteiger partial charge in [0.2, 0.25) is 0 Å². The Morgan fingerprint density at radius 2 is 2.14 bits per heavy atom. The molecule has 0 atom stereocenters. The number of rotatable bonds is 2. The zero-order valence-corrected chi connectivity index (χ0v) is 8.59. The second kappa shape index (κ2) is 4.57. The van der Waals surface area contributed by atoms with Gasteiger partial charge in [-0.15, -0.1) is 0 Å². The van der Waals surface area contributed by atoms with Crippen molar-refractivity contribution >= 4 is 17.4 Å². The van der Waals surface area contributed by atoms with Crippen LogP contribution in [0.3, 0.4) is 0 Å². The summed E-state index contributed by atoms with van der Waals surface area (Å²) in [7, 11) is 0. The molecule has 1 aromatic rings. The number of nitrogens with zero attached hydrogens (tertiary/aromatic N) is 2. The maximum Gasteiger partial charge on any atom is 0.149 e. The number of piperidine rings is 1. The summed E-state index contributed by atoms with van der Waals surface area (Å²) in [5, 5.41) is 7.07. The van der Waals surface area contributed by atoms with Crippen LogP contribution in [0, 0.1) is 0 Å². The Morgan fingerprint density at radius 1 is 1.36 bits per heavy atom. The average molecular weight is 213 g/mol. The molecule has 76 valence electrons. The first-order valence-corrected chi connectivity index (χ1v) is 5.17. The monoisotopic (exact) mass is 212 g/mol. The van der Waals surface area contributed by atoms with Gasteiger partial charge >= 0.3 is 0 Å². The molecule has 0 amide bonds. The van der Waals surface area contributed by atoms with Crippen LogP contribution in [0.15, 0.2) is 12.4 Å². The summed E-state index contributed by atoms with van der Waals surface area (Å²) in [6, 6.07) is 0.490. The number of hydrogen-bond donors (Lipinski definition) is 2. The van der Waals surface area contributed by atoms with Crippen molar-refractivity contribution in [2.45, 2.75) is 18.9 Å². The molecule has 1 saturated heterocycles. The Morgan fingerprint density at radius 3 is 2.86 bits per heavy atom. The lowest BCUT2D eigenvalue weighted by Crippen LogP contribution is -2.35. The summed E-state index contributed by atoms with van der Waals surface area (Å²) in [4.78, 5) is 8.12. The average Bonchev–Trinajstić information content (AvgIpc) is 2.19. The maximum atomic E-state index is 5.74. The Hall–Kier alpha value is -0.870. The van der Waals surface area contributed by atoms with Crippen LogP contribution in [-0.2, 0) is 0 Å². The largest absolute Gasteiger partial charge is 0.366 e. The van der Waals surface area contributed by atoms with E-state index < -0.39 is 0 Å². The maximum absolute atomic E-state index is 5.74. The van der Waals surface area contributed by atoms with E-state index in [0.29, 0.717) is 11.2 Å². The highest BCUT2D eigenvalue weighted by Crippen LogP contribution is 2.12. The second-order valence-electron chi connectivity index (χ2n) is 3.40. The third kappa shape index (κ3) is 2.56. The standard InChI is InChI=1S/C9H13ClN4/c10-8-5-12-6-9(14-8)13-7-1-3-11-4-2-7/h5-7,11H,1-4H2,(H,13,14). The molecule has 4 nitrogen and oxygen atoms in total. The summed E-state index contributed by atoms with van der Waals surface area (Å²) >= 11 is 5.74. The topological polar surface area (TPSA) is 49.8 Å². The van der Waals surface area contributed by atoms with E-state index in [-0.39, 0.29) is 0 Å². The highest BCUT2D eigenvalue weighted by Gasteiger charge is 2.12. The summed E-state index contributed by atoms with van der Waals surface area (Å²) < 4.78 is 0. The number of hydrogen-bond acceptors (Lipinski definition) is 4. The van der Waals surface area contributed by atoms with Gasteiger partial charge < -0.3 is 10.6 Å². The molecule has 2 rings (SSSR count). The van der Waals surface area contributed by atoms with Crippen LogP contribution in [0.2, 0.25) is 5.15 Å². The van der Waals surface area contributed by atoms with Gasteiger partial charge in [0.05, 0.1) is 12.4 Å². The van der Waals surface area contributed by atoms with Gasteiger partial charge in [-0.3, -0.25) is 4.98 Å². The lowest BCUT2D eigenvalue weighted by atomic mass is 10.1. The van der Waals surface area contributed by atoms with Crippen molar-refractivity contribution in [1.82, 2.24) is 15.3 Å². The molecule has 0 saturated carbocycles. The van der Waals surface area contributed by atoms with Gasteiger partial charge in [0.1, 0.15) is 11.0 Å². The molecule has 0 radical (unpaired) electrons. The van der Waals surface area contributed by atoms with Crippen LogP contribution in [-0.4, -0.2) is 29.1 Å². The number of anilines is 1. The van der Waals surface area contributed by atoms with Gasteiger partial charge in [-0.25, -0.2) is 4.98 Å². The lowest BCUT2D eigenvalue weighted by molar-refractivity contribution is 0.478. The summed E-state index contributed by atoms with van der Waals surface area (Å²) in [5.41, 5.74) is 0. The van der Waals surface area contributed by atoms with Crippen LogP contribution in [0.5, 0.6) is 0 Å². The Kier molecular flexibility index (Phi) is 3.16. The highest BCUT2D eigenvalue weighted by molar-refractivity contribution is 6.29. The molecule has 0 aromatic carbocycles. The van der Waals surface area contributed by atoms with E-state index in [9.17, 15) is 0 Å². The smallest absolute Gasteiger partial charge is 0.149 e. The fraction of sp³-hybridized carbons (Fsp3) is 0.556. The van der Waals surface area contributed by atoms with Crippen molar-refractivity contribution in [2.75, 3.05) is 18.4 Å². The molecule has 5 heteroatoms. The molecular formula is C9H13ClN4. The van der Waals surface area contributed by atoms with Gasteiger partial charge in [-0.1, -0.05) is 11.6 Å². The van der Waals surface area contributed by atoms with Crippen LogP contribution >= 0.6 is 11.6 Å². The van der Waals surface area contributed by atoms with E-state index in [4.69, 9.17) is 11.6 Å². The molecule has 0 unspecified atom stereocenters. The fourth-order valence-corrected chi connectivity index (χ4v) is 1.73. The molecule has 1 aromatic heterocycles. The molecule has 1 fully saturated rings. The second-order valence-corrected chi connectivity index (χ2v) is 3.78. The van der Waals surface area contributed by atoms with E-state index >= 15 is 0 Å². The number of nitrogens with one attached hydrogen (secondary N) is 2. The van der Waals surface area contributed by atoms with Gasteiger partial charge in [0, 0.05) is 6.04 Å². The van der Waals surface area contributed by atoms with Gasteiger partial charge in [0.15, 0.2) is 0 Å². The molecule has 0 spiro atoms. The van der Waals surface area contributed by atoms with Gasteiger partial charge in [-0.05, 0) is 25.9 Å². The van der Waals surface area contributed by atoms with Gasteiger partial charge in [0.25, 0.3) is 0 Å². The first-order chi connectivity index (χ1) is 6.84.